The average molecular weight is 273 g/mol. The number of nitrogens with zero attached hydrogens (tertiary/aromatic N) is 1. The van der Waals surface area contributed by atoms with E-state index < -0.39 is 5.60 Å². The second-order valence-electron chi connectivity index (χ2n) is 6.05. The molecular formula is C17H23NO2. The van der Waals surface area contributed by atoms with Gasteiger partial charge in [-0.05, 0) is 44.2 Å². The van der Waals surface area contributed by atoms with Crippen LogP contribution in [0.2, 0.25) is 0 Å². The van der Waals surface area contributed by atoms with Crippen LogP contribution in [0.1, 0.15) is 39.7 Å². The van der Waals surface area contributed by atoms with Crippen LogP contribution in [0, 0.1) is 0 Å². The first-order chi connectivity index (χ1) is 9.40. The highest BCUT2D eigenvalue weighted by Gasteiger charge is 2.16. The Morgan fingerprint density at radius 2 is 2.00 bits per heavy atom. The van der Waals surface area contributed by atoms with Crippen LogP contribution in [0.15, 0.2) is 30.5 Å². The molecule has 3 heteroatoms. The van der Waals surface area contributed by atoms with E-state index in [-0.39, 0.29) is 5.97 Å². The molecule has 0 N–H and O–H groups in total. The van der Waals surface area contributed by atoms with Crippen molar-refractivity contribution >= 4 is 16.9 Å². The summed E-state index contributed by atoms with van der Waals surface area (Å²) in [4.78, 5) is 11.8. The van der Waals surface area contributed by atoms with E-state index >= 15 is 0 Å². The van der Waals surface area contributed by atoms with Crippen LogP contribution in [-0.4, -0.2) is 16.1 Å². The third-order valence-electron chi connectivity index (χ3n) is 3.23. The molecule has 0 saturated carbocycles. The Labute approximate surface area is 120 Å². The summed E-state index contributed by atoms with van der Waals surface area (Å²) in [6.07, 6.45) is 3.45. The number of para-hydroxylation sites is 1. The lowest BCUT2D eigenvalue weighted by atomic mass is 10.1. The van der Waals surface area contributed by atoms with Crippen molar-refractivity contribution in [1.82, 2.24) is 4.57 Å². The van der Waals surface area contributed by atoms with Crippen molar-refractivity contribution in [3.8, 4) is 0 Å². The Bertz CT molecular complexity index is 605. The van der Waals surface area contributed by atoms with Crippen molar-refractivity contribution < 1.29 is 9.53 Å². The van der Waals surface area contributed by atoms with Crippen molar-refractivity contribution in [2.24, 2.45) is 0 Å². The number of carbonyl (C=O) groups is 1. The maximum Gasteiger partial charge on any atom is 0.308 e. The smallest absolute Gasteiger partial charge is 0.308 e. The summed E-state index contributed by atoms with van der Waals surface area (Å²) in [6.45, 7) is 8.50. The van der Waals surface area contributed by atoms with Gasteiger partial charge in [0.05, 0.1) is 11.9 Å². The highest BCUT2D eigenvalue weighted by Crippen LogP contribution is 2.21. The molecule has 0 bridgehead atoms. The van der Waals surface area contributed by atoms with Crippen molar-refractivity contribution in [2.75, 3.05) is 0 Å². The van der Waals surface area contributed by atoms with Gasteiger partial charge in [0.15, 0.2) is 0 Å². The molecule has 0 aliphatic rings. The molecule has 0 fully saturated rings. The molecular weight excluding hydrogens is 250 g/mol. The van der Waals surface area contributed by atoms with E-state index in [1.54, 1.807) is 0 Å². The molecule has 3 nitrogen and oxygen atoms in total. The number of fused-ring (bicyclic) bond motifs is 1. The van der Waals surface area contributed by atoms with Gasteiger partial charge in [0.1, 0.15) is 5.60 Å². The van der Waals surface area contributed by atoms with Crippen LogP contribution >= 0.6 is 0 Å². The van der Waals surface area contributed by atoms with Gasteiger partial charge in [0.2, 0.25) is 0 Å². The van der Waals surface area contributed by atoms with Gasteiger partial charge in [0.25, 0.3) is 0 Å². The quantitative estimate of drug-likeness (QED) is 0.790. The van der Waals surface area contributed by atoms with Gasteiger partial charge in [-0.3, -0.25) is 4.79 Å². The molecule has 108 valence electrons. The topological polar surface area (TPSA) is 31.2 Å². The van der Waals surface area contributed by atoms with E-state index in [0.29, 0.717) is 13.0 Å². The Morgan fingerprint density at radius 1 is 1.25 bits per heavy atom. The maximum atomic E-state index is 11.8. The van der Waals surface area contributed by atoms with Crippen molar-refractivity contribution in [3.05, 3.63) is 36.0 Å². The number of rotatable bonds is 4. The highest BCUT2D eigenvalue weighted by atomic mass is 16.6. The van der Waals surface area contributed by atoms with Crippen molar-refractivity contribution in [3.63, 3.8) is 0 Å². The molecule has 0 aliphatic heterocycles. The van der Waals surface area contributed by atoms with Gasteiger partial charge in [-0.2, -0.15) is 0 Å². The molecule has 1 heterocycles. The van der Waals surface area contributed by atoms with Crippen LogP contribution in [-0.2, 0) is 22.5 Å². The molecule has 0 unspecified atom stereocenters. The molecule has 0 amide bonds. The zero-order chi connectivity index (χ0) is 14.8. The van der Waals surface area contributed by atoms with Crippen molar-refractivity contribution in [2.45, 2.75) is 52.7 Å². The van der Waals surface area contributed by atoms with E-state index in [1.165, 1.54) is 16.5 Å². The summed E-state index contributed by atoms with van der Waals surface area (Å²) in [5, 5.41) is 1.23. The van der Waals surface area contributed by atoms with E-state index in [0.717, 1.165) is 6.42 Å². The average Bonchev–Trinajstić information content (AvgIpc) is 2.77. The number of aromatic nitrogens is 1. The van der Waals surface area contributed by atoms with Crippen molar-refractivity contribution in [1.29, 1.82) is 0 Å². The predicted octanol–water partition coefficient (Wildman–Crippen LogP) is 3.94. The molecule has 20 heavy (non-hydrogen) atoms. The fourth-order valence-electron chi connectivity index (χ4n) is 2.42. The summed E-state index contributed by atoms with van der Waals surface area (Å²) in [7, 11) is 0. The van der Waals surface area contributed by atoms with Crippen LogP contribution < -0.4 is 0 Å². The second kappa shape index (κ2) is 5.70. The van der Waals surface area contributed by atoms with E-state index in [4.69, 9.17) is 4.74 Å². The van der Waals surface area contributed by atoms with Crippen LogP contribution in [0.4, 0.5) is 0 Å². The molecule has 0 atom stereocenters. The van der Waals surface area contributed by atoms with E-state index in [9.17, 15) is 4.79 Å². The minimum absolute atomic E-state index is 0.145. The SMILES string of the molecule is CCc1cccc2ccn(CCC(=O)OC(C)(C)C)c12. The highest BCUT2D eigenvalue weighted by molar-refractivity contribution is 5.83. The first-order valence-electron chi connectivity index (χ1n) is 7.19. The van der Waals surface area contributed by atoms with Gasteiger partial charge in [-0.25, -0.2) is 0 Å². The lowest BCUT2D eigenvalue weighted by Crippen LogP contribution is -2.24. The summed E-state index contributed by atoms with van der Waals surface area (Å²) in [5.74, 6) is -0.145. The summed E-state index contributed by atoms with van der Waals surface area (Å²) in [5.41, 5.74) is 2.14. The number of ether oxygens (including phenoxy) is 1. The summed E-state index contributed by atoms with van der Waals surface area (Å²) < 4.78 is 7.50. The number of aryl methyl sites for hydroxylation is 2. The predicted molar refractivity (Wildman–Crippen MR) is 81.8 cm³/mol. The van der Waals surface area contributed by atoms with Gasteiger partial charge in [0, 0.05) is 12.7 Å². The van der Waals surface area contributed by atoms with Gasteiger partial charge < -0.3 is 9.30 Å². The Balaban J connectivity index is 2.13. The molecule has 2 rings (SSSR count). The Hall–Kier alpha value is -1.77. The first kappa shape index (κ1) is 14.6. The minimum Gasteiger partial charge on any atom is -0.460 e. The number of esters is 1. The number of hydrogen-bond donors (Lipinski definition) is 0. The third kappa shape index (κ3) is 3.41. The molecule has 0 aliphatic carbocycles. The number of benzene rings is 1. The maximum absolute atomic E-state index is 11.8. The fourth-order valence-corrected chi connectivity index (χ4v) is 2.42. The Morgan fingerprint density at radius 3 is 2.65 bits per heavy atom. The van der Waals surface area contributed by atoms with Crippen LogP contribution in [0.5, 0.6) is 0 Å². The zero-order valence-electron chi connectivity index (χ0n) is 12.8. The summed E-state index contributed by atoms with van der Waals surface area (Å²) in [6, 6.07) is 8.44. The normalized spacial score (nSPS) is 11.8. The largest absolute Gasteiger partial charge is 0.460 e. The molecule has 1 aromatic heterocycles. The fraction of sp³-hybridized carbons (Fsp3) is 0.471. The second-order valence-corrected chi connectivity index (χ2v) is 6.05. The molecule has 0 radical (unpaired) electrons. The monoisotopic (exact) mass is 273 g/mol. The zero-order valence-corrected chi connectivity index (χ0v) is 12.8. The van der Waals surface area contributed by atoms with Gasteiger partial charge in [-0.15, -0.1) is 0 Å². The van der Waals surface area contributed by atoms with E-state index in [2.05, 4.69) is 35.8 Å². The standard InChI is InChI=1S/C17H23NO2/c1-5-13-7-6-8-14-9-11-18(16(13)14)12-10-15(19)20-17(2,3)4/h6-9,11H,5,10,12H2,1-4H3. The lowest BCUT2D eigenvalue weighted by Gasteiger charge is -2.19. The first-order valence-corrected chi connectivity index (χ1v) is 7.19. The summed E-state index contributed by atoms with van der Waals surface area (Å²) >= 11 is 0. The van der Waals surface area contributed by atoms with Gasteiger partial charge in [-0.1, -0.05) is 25.1 Å². The van der Waals surface area contributed by atoms with E-state index in [1.807, 2.05) is 27.0 Å². The Kier molecular flexibility index (Phi) is 4.17. The van der Waals surface area contributed by atoms with Gasteiger partial charge >= 0.3 is 5.97 Å². The number of carbonyl (C=O) groups excluding carboxylic acids is 1. The minimum atomic E-state index is -0.412. The van der Waals surface area contributed by atoms with Crippen LogP contribution in [0.25, 0.3) is 10.9 Å². The number of hydrogen-bond acceptors (Lipinski definition) is 2. The molecule has 1 aromatic carbocycles. The lowest BCUT2D eigenvalue weighted by molar-refractivity contribution is -0.155. The molecule has 0 saturated heterocycles. The molecule has 0 spiro atoms. The third-order valence-corrected chi connectivity index (χ3v) is 3.23. The van der Waals surface area contributed by atoms with Crippen LogP contribution in [0.3, 0.4) is 0 Å². The molecule has 2 aromatic rings.